The molecule has 0 spiro atoms. The van der Waals surface area contributed by atoms with Crippen LogP contribution in [-0.4, -0.2) is 25.5 Å². The van der Waals surface area contributed by atoms with Crippen molar-refractivity contribution in [2.24, 2.45) is 0 Å². The van der Waals surface area contributed by atoms with Gasteiger partial charge in [0.1, 0.15) is 11.9 Å². The number of anilines is 1. The number of nitro groups is 1. The minimum absolute atomic E-state index is 0.0321. The quantitative estimate of drug-likeness (QED) is 0.653. The Morgan fingerprint density at radius 1 is 1.60 bits per heavy atom. The Morgan fingerprint density at radius 2 is 2.40 bits per heavy atom. The van der Waals surface area contributed by atoms with E-state index < -0.39 is 4.92 Å². The third-order valence-corrected chi connectivity index (χ3v) is 2.61. The first kappa shape index (κ1) is 13.5. The van der Waals surface area contributed by atoms with Crippen molar-refractivity contribution in [3.63, 3.8) is 0 Å². The third kappa shape index (κ3) is 3.08. The summed E-state index contributed by atoms with van der Waals surface area (Å²) < 4.78 is 1.90. The summed E-state index contributed by atoms with van der Waals surface area (Å²) in [7, 11) is 0. The highest BCUT2D eigenvalue weighted by molar-refractivity contribution is 5.50. The molecule has 0 aliphatic heterocycles. The summed E-state index contributed by atoms with van der Waals surface area (Å²) >= 11 is 0. The Morgan fingerprint density at radius 3 is 3.00 bits per heavy atom. The van der Waals surface area contributed by atoms with Gasteiger partial charge in [0, 0.05) is 31.0 Å². The van der Waals surface area contributed by atoms with E-state index in [9.17, 15) is 10.1 Å². The maximum absolute atomic E-state index is 10.7. The van der Waals surface area contributed by atoms with Crippen LogP contribution in [0.3, 0.4) is 0 Å². The Kier molecular flexibility index (Phi) is 3.91. The fraction of sp³-hybridized carbons (Fsp3) is 0.250. The van der Waals surface area contributed by atoms with Crippen molar-refractivity contribution in [3.8, 4) is 6.07 Å². The lowest BCUT2D eigenvalue weighted by atomic mass is 10.3. The summed E-state index contributed by atoms with van der Waals surface area (Å²) in [4.78, 5) is 18.0. The summed E-state index contributed by atoms with van der Waals surface area (Å²) in [5, 5.41) is 22.7. The second kappa shape index (κ2) is 5.79. The molecule has 2 rings (SSSR count). The summed E-state index contributed by atoms with van der Waals surface area (Å²) in [5.41, 5.74) is -0.491. The highest BCUT2D eigenvalue weighted by Crippen LogP contribution is 2.18. The molecule has 1 unspecified atom stereocenters. The molecule has 0 aliphatic carbocycles. The van der Waals surface area contributed by atoms with Gasteiger partial charge in [-0.05, 0) is 13.0 Å². The molecule has 0 saturated heterocycles. The van der Waals surface area contributed by atoms with Gasteiger partial charge in [0.2, 0.25) is 5.69 Å². The predicted molar refractivity (Wildman–Crippen MR) is 70.9 cm³/mol. The maximum Gasteiger partial charge on any atom is 0.305 e. The van der Waals surface area contributed by atoms with Crippen LogP contribution in [0.15, 0.2) is 30.9 Å². The van der Waals surface area contributed by atoms with Gasteiger partial charge in [-0.15, -0.1) is 0 Å². The van der Waals surface area contributed by atoms with Crippen molar-refractivity contribution in [2.75, 3.05) is 5.32 Å². The fourth-order valence-electron chi connectivity index (χ4n) is 1.77. The summed E-state index contributed by atoms with van der Waals surface area (Å²) in [6.45, 7) is 2.61. The Balaban J connectivity index is 2.10. The SMILES string of the molecule is CC(Cn1ccnc1)Nc1ccc([N+](=O)[O-])c(C#N)n1. The van der Waals surface area contributed by atoms with E-state index >= 15 is 0 Å². The van der Waals surface area contributed by atoms with Crippen LogP contribution in [0.25, 0.3) is 0 Å². The molecule has 0 aromatic carbocycles. The monoisotopic (exact) mass is 272 g/mol. The van der Waals surface area contributed by atoms with Gasteiger partial charge in [-0.25, -0.2) is 9.97 Å². The van der Waals surface area contributed by atoms with Crippen molar-refractivity contribution in [1.82, 2.24) is 14.5 Å². The molecular weight excluding hydrogens is 260 g/mol. The summed E-state index contributed by atoms with van der Waals surface area (Å²) in [6, 6.07) is 4.53. The predicted octanol–water partition coefficient (Wildman–Crippen LogP) is 1.56. The standard InChI is InChI=1S/C12H12N6O2/c1-9(7-17-5-4-14-8-17)15-12-3-2-11(18(19)20)10(6-13)16-12/h2-5,8-9H,7H2,1H3,(H,15,16). The van der Waals surface area contributed by atoms with E-state index in [1.54, 1.807) is 18.6 Å². The van der Waals surface area contributed by atoms with Crippen LogP contribution in [0, 0.1) is 21.4 Å². The maximum atomic E-state index is 10.7. The minimum Gasteiger partial charge on any atom is -0.366 e. The first-order valence-electron chi connectivity index (χ1n) is 5.88. The molecule has 102 valence electrons. The van der Waals surface area contributed by atoms with Crippen LogP contribution in [0.1, 0.15) is 12.6 Å². The zero-order valence-corrected chi connectivity index (χ0v) is 10.7. The molecule has 1 N–H and O–H groups in total. The van der Waals surface area contributed by atoms with Crippen molar-refractivity contribution >= 4 is 11.5 Å². The average molecular weight is 272 g/mol. The van der Waals surface area contributed by atoms with Gasteiger partial charge in [0.05, 0.1) is 11.3 Å². The van der Waals surface area contributed by atoms with Gasteiger partial charge in [-0.1, -0.05) is 0 Å². The first-order valence-corrected chi connectivity index (χ1v) is 5.88. The zero-order valence-electron chi connectivity index (χ0n) is 10.7. The molecule has 20 heavy (non-hydrogen) atoms. The number of hydrogen-bond donors (Lipinski definition) is 1. The van der Waals surface area contributed by atoms with Crippen LogP contribution < -0.4 is 5.32 Å². The summed E-state index contributed by atoms with van der Waals surface area (Å²) in [5.74, 6) is 0.430. The molecule has 8 heteroatoms. The molecule has 8 nitrogen and oxygen atoms in total. The number of rotatable bonds is 5. The second-order valence-electron chi connectivity index (χ2n) is 4.24. The van der Waals surface area contributed by atoms with E-state index in [0.29, 0.717) is 12.4 Å². The van der Waals surface area contributed by atoms with E-state index in [-0.39, 0.29) is 17.4 Å². The molecule has 0 saturated carbocycles. The average Bonchev–Trinajstić information content (AvgIpc) is 2.90. The van der Waals surface area contributed by atoms with E-state index in [1.165, 1.54) is 12.1 Å². The van der Waals surface area contributed by atoms with Gasteiger partial charge in [-0.2, -0.15) is 5.26 Å². The lowest BCUT2D eigenvalue weighted by Gasteiger charge is -2.14. The molecule has 1 atom stereocenters. The second-order valence-corrected chi connectivity index (χ2v) is 4.24. The molecule has 0 bridgehead atoms. The molecule has 2 aromatic heterocycles. The number of pyridine rings is 1. The van der Waals surface area contributed by atoms with E-state index in [1.807, 2.05) is 17.7 Å². The number of hydrogen-bond acceptors (Lipinski definition) is 6. The Labute approximate surface area is 114 Å². The van der Waals surface area contributed by atoms with Gasteiger partial charge >= 0.3 is 5.69 Å². The number of nitrogens with one attached hydrogen (secondary N) is 1. The number of aromatic nitrogens is 3. The smallest absolute Gasteiger partial charge is 0.305 e. The highest BCUT2D eigenvalue weighted by Gasteiger charge is 2.16. The van der Waals surface area contributed by atoms with E-state index in [2.05, 4.69) is 15.3 Å². The fourth-order valence-corrected chi connectivity index (χ4v) is 1.77. The van der Waals surface area contributed by atoms with E-state index in [0.717, 1.165) is 0 Å². The normalized spacial score (nSPS) is 11.6. The Bertz CT molecular complexity index is 646. The molecule has 0 aliphatic rings. The summed E-state index contributed by atoms with van der Waals surface area (Å²) in [6.07, 6.45) is 5.22. The van der Waals surface area contributed by atoms with Crippen LogP contribution in [0.2, 0.25) is 0 Å². The van der Waals surface area contributed by atoms with Gasteiger partial charge in [0.25, 0.3) is 0 Å². The number of nitriles is 1. The van der Waals surface area contributed by atoms with Gasteiger partial charge in [-0.3, -0.25) is 10.1 Å². The minimum atomic E-state index is -0.621. The van der Waals surface area contributed by atoms with Crippen molar-refractivity contribution in [3.05, 3.63) is 46.7 Å². The lowest BCUT2D eigenvalue weighted by molar-refractivity contribution is -0.385. The van der Waals surface area contributed by atoms with Gasteiger partial charge < -0.3 is 9.88 Å². The molecule has 2 heterocycles. The Hall–Kier alpha value is -2.95. The molecule has 0 radical (unpaired) electrons. The van der Waals surface area contributed by atoms with Crippen LogP contribution >= 0.6 is 0 Å². The molecule has 0 fully saturated rings. The van der Waals surface area contributed by atoms with Crippen molar-refractivity contribution in [1.29, 1.82) is 5.26 Å². The third-order valence-electron chi connectivity index (χ3n) is 2.61. The van der Waals surface area contributed by atoms with Crippen molar-refractivity contribution in [2.45, 2.75) is 19.5 Å². The zero-order chi connectivity index (χ0) is 14.5. The molecule has 0 amide bonds. The first-order chi connectivity index (χ1) is 9.60. The van der Waals surface area contributed by atoms with Crippen LogP contribution in [0.4, 0.5) is 11.5 Å². The van der Waals surface area contributed by atoms with Gasteiger partial charge in [0.15, 0.2) is 0 Å². The molecule has 2 aromatic rings. The van der Waals surface area contributed by atoms with E-state index in [4.69, 9.17) is 5.26 Å². The number of imidazole rings is 1. The lowest BCUT2D eigenvalue weighted by Crippen LogP contribution is -2.22. The largest absolute Gasteiger partial charge is 0.366 e. The molecular formula is C12H12N6O2. The van der Waals surface area contributed by atoms with Crippen molar-refractivity contribution < 1.29 is 4.92 Å². The highest BCUT2D eigenvalue weighted by atomic mass is 16.6. The topological polar surface area (TPSA) is 110 Å². The van der Waals surface area contributed by atoms with Crippen LogP contribution in [0.5, 0.6) is 0 Å². The number of nitrogens with zero attached hydrogens (tertiary/aromatic N) is 5. The van der Waals surface area contributed by atoms with Crippen LogP contribution in [-0.2, 0) is 6.54 Å².